The number of hydrogen-bond donors (Lipinski definition) is 1. The van der Waals surface area contributed by atoms with Crippen LogP contribution in [0.1, 0.15) is 27.8 Å². The number of rotatable bonds is 3. The predicted molar refractivity (Wildman–Crippen MR) is 87.8 cm³/mol. The molecule has 0 amide bonds. The van der Waals surface area contributed by atoms with Gasteiger partial charge in [-0.3, -0.25) is 0 Å². The molecule has 0 bridgehead atoms. The van der Waals surface area contributed by atoms with Crippen LogP contribution in [-0.2, 0) is 0 Å². The fourth-order valence-electron chi connectivity index (χ4n) is 2.18. The molecule has 0 aliphatic carbocycles. The molecule has 0 aliphatic rings. The van der Waals surface area contributed by atoms with Crippen LogP contribution in [0, 0.1) is 27.7 Å². The first kappa shape index (κ1) is 14.5. The Balaban J connectivity index is 2.39. The average molecular weight is 285 g/mol. The van der Waals surface area contributed by atoms with E-state index in [4.69, 9.17) is 22.7 Å². The van der Waals surface area contributed by atoms with E-state index in [0.29, 0.717) is 4.99 Å². The van der Waals surface area contributed by atoms with E-state index in [1.165, 1.54) is 11.1 Å². The molecule has 0 aromatic heterocycles. The zero-order valence-electron chi connectivity index (χ0n) is 12.3. The Kier molecular flexibility index (Phi) is 4.09. The van der Waals surface area contributed by atoms with Gasteiger partial charge >= 0.3 is 0 Å². The smallest absolute Gasteiger partial charge is 0.133 e. The molecular weight excluding hydrogens is 266 g/mol. The van der Waals surface area contributed by atoms with E-state index in [9.17, 15) is 0 Å². The molecule has 2 aromatic carbocycles. The van der Waals surface area contributed by atoms with E-state index in [2.05, 4.69) is 32.9 Å². The quantitative estimate of drug-likeness (QED) is 0.852. The van der Waals surface area contributed by atoms with Crippen LogP contribution in [0.2, 0.25) is 0 Å². The van der Waals surface area contributed by atoms with Crippen molar-refractivity contribution < 1.29 is 4.74 Å². The minimum absolute atomic E-state index is 0.414. The summed E-state index contributed by atoms with van der Waals surface area (Å²) in [6, 6.07) is 9.97. The van der Waals surface area contributed by atoms with Gasteiger partial charge in [0.1, 0.15) is 16.5 Å². The lowest BCUT2D eigenvalue weighted by Crippen LogP contribution is -2.10. The zero-order chi connectivity index (χ0) is 14.9. The van der Waals surface area contributed by atoms with Crippen molar-refractivity contribution in [3.63, 3.8) is 0 Å². The number of benzene rings is 2. The highest BCUT2D eigenvalue weighted by atomic mass is 32.1. The zero-order valence-corrected chi connectivity index (χ0v) is 13.1. The van der Waals surface area contributed by atoms with Crippen molar-refractivity contribution in [2.75, 3.05) is 0 Å². The Hall–Kier alpha value is -1.87. The molecular formula is C17H19NOS. The molecule has 2 N–H and O–H groups in total. The molecule has 2 aromatic rings. The normalized spacial score (nSPS) is 10.4. The first-order valence-electron chi connectivity index (χ1n) is 6.55. The van der Waals surface area contributed by atoms with Crippen LogP contribution in [-0.4, -0.2) is 4.99 Å². The maximum absolute atomic E-state index is 6.05. The van der Waals surface area contributed by atoms with Crippen molar-refractivity contribution in [2.24, 2.45) is 5.73 Å². The molecule has 0 unspecified atom stereocenters. The molecule has 0 spiro atoms. The molecule has 0 saturated carbocycles. The summed E-state index contributed by atoms with van der Waals surface area (Å²) in [6.07, 6.45) is 0. The third-order valence-corrected chi connectivity index (χ3v) is 3.78. The fourth-order valence-corrected chi connectivity index (χ4v) is 2.41. The molecule has 104 valence electrons. The second-order valence-corrected chi connectivity index (χ2v) is 5.54. The largest absolute Gasteiger partial charge is 0.457 e. The van der Waals surface area contributed by atoms with E-state index < -0.39 is 0 Å². The number of thiocarbonyl (C=S) groups is 1. The maximum Gasteiger partial charge on any atom is 0.133 e. The Labute approximate surface area is 125 Å². The lowest BCUT2D eigenvalue weighted by atomic mass is 10.0. The van der Waals surface area contributed by atoms with Gasteiger partial charge in [0.05, 0.1) is 0 Å². The summed E-state index contributed by atoms with van der Waals surface area (Å²) in [6.45, 7) is 8.20. The van der Waals surface area contributed by atoms with E-state index in [1.54, 1.807) is 0 Å². The molecule has 0 fully saturated rings. The summed E-state index contributed by atoms with van der Waals surface area (Å²) in [5, 5.41) is 0. The highest BCUT2D eigenvalue weighted by Crippen LogP contribution is 2.31. The van der Waals surface area contributed by atoms with Gasteiger partial charge in [0.25, 0.3) is 0 Å². The second kappa shape index (κ2) is 5.63. The Morgan fingerprint density at radius 2 is 1.60 bits per heavy atom. The minimum atomic E-state index is 0.414. The van der Waals surface area contributed by atoms with Crippen LogP contribution in [0.3, 0.4) is 0 Å². The van der Waals surface area contributed by atoms with Crippen molar-refractivity contribution >= 4 is 17.2 Å². The molecule has 2 rings (SSSR count). The van der Waals surface area contributed by atoms with Gasteiger partial charge in [-0.2, -0.15) is 0 Å². The summed E-state index contributed by atoms with van der Waals surface area (Å²) in [4.78, 5) is 0.414. The summed E-state index contributed by atoms with van der Waals surface area (Å²) in [5.41, 5.74) is 11.1. The Morgan fingerprint density at radius 3 is 2.20 bits per heavy atom. The molecule has 0 aliphatic heterocycles. The fraction of sp³-hybridized carbons (Fsp3) is 0.235. The van der Waals surface area contributed by atoms with Crippen LogP contribution >= 0.6 is 12.2 Å². The standard InChI is InChI=1S/C17H19NOS/c1-10-5-6-11(2)16(13(10)4)19-14-7-8-15(17(18)20)12(3)9-14/h5-9H,1-4H3,(H2,18,20). The van der Waals surface area contributed by atoms with Gasteiger partial charge in [-0.05, 0) is 68.1 Å². The predicted octanol–water partition coefficient (Wildman–Crippen LogP) is 4.35. The molecule has 0 heterocycles. The van der Waals surface area contributed by atoms with Gasteiger partial charge < -0.3 is 10.5 Å². The Bertz CT molecular complexity index is 677. The SMILES string of the molecule is Cc1cc(Oc2c(C)ccc(C)c2C)ccc1C(N)=S. The average Bonchev–Trinajstić information content (AvgIpc) is 2.39. The highest BCUT2D eigenvalue weighted by Gasteiger charge is 2.09. The maximum atomic E-state index is 6.05. The van der Waals surface area contributed by atoms with Crippen molar-refractivity contribution in [3.05, 3.63) is 58.1 Å². The first-order valence-corrected chi connectivity index (χ1v) is 6.96. The van der Waals surface area contributed by atoms with E-state index in [0.717, 1.165) is 28.2 Å². The molecule has 0 atom stereocenters. The molecule has 0 saturated heterocycles. The third-order valence-electron chi connectivity index (χ3n) is 3.56. The van der Waals surface area contributed by atoms with Gasteiger partial charge in [-0.25, -0.2) is 0 Å². The van der Waals surface area contributed by atoms with Gasteiger partial charge in [-0.15, -0.1) is 0 Å². The van der Waals surface area contributed by atoms with Crippen molar-refractivity contribution in [3.8, 4) is 11.5 Å². The molecule has 2 nitrogen and oxygen atoms in total. The van der Waals surface area contributed by atoms with Crippen LogP contribution in [0.15, 0.2) is 30.3 Å². The van der Waals surface area contributed by atoms with Crippen molar-refractivity contribution in [2.45, 2.75) is 27.7 Å². The highest BCUT2D eigenvalue weighted by molar-refractivity contribution is 7.80. The lowest BCUT2D eigenvalue weighted by molar-refractivity contribution is 0.474. The molecule has 20 heavy (non-hydrogen) atoms. The number of ether oxygens (including phenoxy) is 1. The lowest BCUT2D eigenvalue weighted by Gasteiger charge is -2.14. The van der Waals surface area contributed by atoms with Crippen LogP contribution in [0.4, 0.5) is 0 Å². The summed E-state index contributed by atoms with van der Waals surface area (Å²) in [7, 11) is 0. The van der Waals surface area contributed by atoms with Crippen molar-refractivity contribution in [1.82, 2.24) is 0 Å². The van der Waals surface area contributed by atoms with Crippen molar-refractivity contribution in [1.29, 1.82) is 0 Å². The minimum Gasteiger partial charge on any atom is -0.457 e. The van der Waals surface area contributed by atoms with Crippen LogP contribution in [0.25, 0.3) is 0 Å². The Morgan fingerprint density at radius 1 is 0.950 bits per heavy atom. The monoisotopic (exact) mass is 285 g/mol. The molecule has 0 radical (unpaired) electrons. The number of hydrogen-bond acceptors (Lipinski definition) is 2. The van der Waals surface area contributed by atoms with Gasteiger partial charge in [0.15, 0.2) is 0 Å². The second-order valence-electron chi connectivity index (χ2n) is 5.10. The van der Waals surface area contributed by atoms with Gasteiger partial charge in [0, 0.05) is 5.56 Å². The van der Waals surface area contributed by atoms with Crippen LogP contribution in [0.5, 0.6) is 11.5 Å². The van der Waals surface area contributed by atoms with E-state index in [-0.39, 0.29) is 0 Å². The third kappa shape index (κ3) is 2.83. The summed E-state index contributed by atoms with van der Waals surface area (Å²) < 4.78 is 6.05. The first-order chi connectivity index (χ1) is 9.40. The van der Waals surface area contributed by atoms with Gasteiger partial charge in [0.2, 0.25) is 0 Å². The number of nitrogens with two attached hydrogens (primary N) is 1. The van der Waals surface area contributed by atoms with E-state index in [1.807, 2.05) is 25.1 Å². The van der Waals surface area contributed by atoms with E-state index >= 15 is 0 Å². The summed E-state index contributed by atoms with van der Waals surface area (Å²) >= 11 is 5.02. The van der Waals surface area contributed by atoms with Gasteiger partial charge in [-0.1, -0.05) is 24.4 Å². The van der Waals surface area contributed by atoms with Crippen LogP contribution < -0.4 is 10.5 Å². The topological polar surface area (TPSA) is 35.2 Å². The number of aryl methyl sites for hydroxylation is 3. The molecule has 3 heteroatoms. The summed E-state index contributed by atoms with van der Waals surface area (Å²) in [5.74, 6) is 1.73.